The van der Waals surface area contributed by atoms with Crippen LogP contribution in [-0.2, 0) is 27.1 Å². The Morgan fingerprint density at radius 1 is 0.963 bits per heavy atom. The molecule has 0 bridgehead atoms. The number of hydrogen-bond donors (Lipinski definition) is 1. The Hall–Kier alpha value is -2.57. The first-order valence-corrected chi connectivity index (χ1v) is 8.81. The molecule has 0 aliphatic carbocycles. The zero-order valence-electron chi connectivity index (χ0n) is 16.0. The van der Waals surface area contributed by atoms with E-state index in [4.69, 9.17) is 18.9 Å². The third kappa shape index (κ3) is 5.45. The van der Waals surface area contributed by atoms with Crippen LogP contribution in [0.2, 0.25) is 0 Å². The van der Waals surface area contributed by atoms with Crippen molar-refractivity contribution >= 4 is 5.97 Å². The molecule has 0 aliphatic heterocycles. The van der Waals surface area contributed by atoms with E-state index in [1.807, 2.05) is 43.3 Å². The van der Waals surface area contributed by atoms with Gasteiger partial charge < -0.3 is 24.1 Å². The molecule has 0 heterocycles. The standard InChI is InChI=1S/C21H26O6/c1-4-16-17(10-11-20(22)23)21(15-8-6-5-7-9-15)19(27-14-25-3)12-18(16)26-13-24-2/h5-9,12H,4,10-11,13-14H2,1-3H3,(H,22,23). The lowest BCUT2D eigenvalue weighted by atomic mass is 9.89. The summed E-state index contributed by atoms with van der Waals surface area (Å²) in [5.74, 6) is 0.371. The number of benzene rings is 2. The predicted octanol–water partition coefficient (Wildman–Crippen LogP) is 3.90. The number of carboxylic acid groups (broad SMARTS) is 1. The first-order valence-electron chi connectivity index (χ1n) is 8.81. The fourth-order valence-electron chi connectivity index (χ4n) is 3.03. The van der Waals surface area contributed by atoms with Gasteiger partial charge in [0.05, 0.1) is 0 Å². The number of ether oxygens (including phenoxy) is 4. The zero-order chi connectivity index (χ0) is 19.6. The fourth-order valence-corrected chi connectivity index (χ4v) is 3.03. The van der Waals surface area contributed by atoms with Crippen LogP contribution in [0, 0.1) is 0 Å². The molecule has 0 saturated heterocycles. The van der Waals surface area contributed by atoms with Crippen molar-refractivity contribution in [2.45, 2.75) is 26.2 Å². The molecule has 2 rings (SSSR count). The van der Waals surface area contributed by atoms with Gasteiger partial charge in [-0.25, -0.2) is 0 Å². The van der Waals surface area contributed by atoms with E-state index < -0.39 is 5.97 Å². The van der Waals surface area contributed by atoms with Gasteiger partial charge in [0.15, 0.2) is 13.6 Å². The number of carbonyl (C=O) groups is 1. The van der Waals surface area contributed by atoms with Crippen molar-refractivity contribution in [1.29, 1.82) is 0 Å². The molecule has 1 N–H and O–H groups in total. The molecule has 0 fully saturated rings. The Morgan fingerprint density at radius 3 is 2.15 bits per heavy atom. The molecular weight excluding hydrogens is 348 g/mol. The minimum Gasteiger partial charge on any atom is -0.481 e. The molecule has 6 nitrogen and oxygen atoms in total. The van der Waals surface area contributed by atoms with Crippen molar-refractivity contribution in [2.75, 3.05) is 27.8 Å². The first kappa shape index (κ1) is 20.7. The number of hydrogen-bond acceptors (Lipinski definition) is 5. The van der Waals surface area contributed by atoms with Gasteiger partial charge in [0.2, 0.25) is 0 Å². The highest BCUT2D eigenvalue weighted by Crippen LogP contribution is 2.41. The highest BCUT2D eigenvalue weighted by atomic mass is 16.7. The van der Waals surface area contributed by atoms with E-state index in [2.05, 4.69) is 0 Å². The lowest BCUT2D eigenvalue weighted by Crippen LogP contribution is -2.10. The lowest BCUT2D eigenvalue weighted by molar-refractivity contribution is -0.136. The zero-order valence-corrected chi connectivity index (χ0v) is 16.0. The Labute approximate surface area is 159 Å². The van der Waals surface area contributed by atoms with Gasteiger partial charge in [-0.1, -0.05) is 37.3 Å². The Balaban J connectivity index is 2.68. The summed E-state index contributed by atoms with van der Waals surface area (Å²) in [4.78, 5) is 11.2. The minimum atomic E-state index is -0.848. The summed E-state index contributed by atoms with van der Waals surface area (Å²) >= 11 is 0. The third-order valence-corrected chi connectivity index (χ3v) is 4.14. The molecule has 0 amide bonds. The monoisotopic (exact) mass is 374 g/mol. The number of rotatable bonds is 11. The van der Waals surface area contributed by atoms with Crippen LogP contribution in [0.4, 0.5) is 0 Å². The van der Waals surface area contributed by atoms with E-state index in [1.54, 1.807) is 14.2 Å². The van der Waals surface area contributed by atoms with Crippen LogP contribution in [0.15, 0.2) is 36.4 Å². The molecular formula is C21H26O6. The summed E-state index contributed by atoms with van der Waals surface area (Å²) in [6, 6.07) is 11.6. The van der Waals surface area contributed by atoms with E-state index in [1.165, 1.54) is 0 Å². The van der Waals surface area contributed by atoms with Crippen molar-refractivity contribution < 1.29 is 28.8 Å². The average Bonchev–Trinajstić information content (AvgIpc) is 2.69. The molecule has 0 aliphatic rings. The van der Waals surface area contributed by atoms with Crippen molar-refractivity contribution in [3.8, 4) is 22.6 Å². The predicted molar refractivity (Wildman–Crippen MR) is 102 cm³/mol. The number of carboxylic acids is 1. The quantitative estimate of drug-likeness (QED) is 0.601. The molecule has 0 saturated carbocycles. The summed E-state index contributed by atoms with van der Waals surface area (Å²) in [5, 5.41) is 9.22. The van der Waals surface area contributed by atoms with Gasteiger partial charge in [-0.2, -0.15) is 0 Å². The van der Waals surface area contributed by atoms with Crippen molar-refractivity contribution in [3.05, 3.63) is 47.5 Å². The number of methoxy groups -OCH3 is 2. The summed E-state index contributed by atoms with van der Waals surface area (Å²) < 4.78 is 21.7. The molecule has 0 radical (unpaired) electrons. The maximum absolute atomic E-state index is 11.2. The van der Waals surface area contributed by atoms with Crippen LogP contribution in [0.1, 0.15) is 24.5 Å². The molecule has 27 heavy (non-hydrogen) atoms. The van der Waals surface area contributed by atoms with E-state index in [0.717, 1.165) is 22.3 Å². The van der Waals surface area contributed by atoms with Crippen LogP contribution in [0.25, 0.3) is 11.1 Å². The minimum absolute atomic E-state index is 0.0181. The third-order valence-electron chi connectivity index (χ3n) is 4.14. The first-order chi connectivity index (χ1) is 13.1. The van der Waals surface area contributed by atoms with Crippen LogP contribution in [-0.4, -0.2) is 38.9 Å². The molecule has 0 atom stereocenters. The summed E-state index contributed by atoms with van der Waals surface area (Å²) in [7, 11) is 3.11. The van der Waals surface area contributed by atoms with E-state index in [-0.39, 0.29) is 20.0 Å². The highest BCUT2D eigenvalue weighted by Gasteiger charge is 2.21. The second-order valence-corrected chi connectivity index (χ2v) is 5.92. The molecule has 146 valence electrons. The molecule has 6 heteroatoms. The molecule has 2 aromatic rings. The fraction of sp³-hybridized carbons (Fsp3) is 0.381. The second kappa shape index (κ2) is 10.5. The van der Waals surface area contributed by atoms with Gasteiger partial charge in [0.25, 0.3) is 0 Å². The number of aliphatic carboxylic acids is 1. The maximum Gasteiger partial charge on any atom is 0.303 e. The normalized spacial score (nSPS) is 10.6. The van der Waals surface area contributed by atoms with Gasteiger partial charge >= 0.3 is 5.97 Å². The molecule has 0 aromatic heterocycles. The topological polar surface area (TPSA) is 74.2 Å². The van der Waals surface area contributed by atoms with Gasteiger partial charge in [-0.3, -0.25) is 4.79 Å². The van der Waals surface area contributed by atoms with Crippen LogP contribution >= 0.6 is 0 Å². The molecule has 0 unspecified atom stereocenters. The van der Waals surface area contributed by atoms with E-state index in [9.17, 15) is 9.90 Å². The Morgan fingerprint density at radius 2 is 1.59 bits per heavy atom. The molecule has 0 spiro atoms. The van der Waals surface area contributed by atoms with Crippen LogP contribution < -0.4 is 9.47 Å². The summed E-state index contributed by atoms with van der Waals surface area (Å²) in [6.45, 7) is 2.19. The van der Waals surface area contributed by atoms with Crippen molar-refractivity contribution in [2.24, 2.45) is 0 Å². The van der Waals surface area contributed by atoms with Crippen molar-refractivity contribution in [3.63, 3.8) is 0 Å². The van der Waals surface area contributed by atoms with Crippen LogP contribution in [0.5, 0.6) is 11.5 Å². The average molecular weight is 374 g/mol. The summed E-state index contributed by atoms with van der Waals surface area (Å²) in [6.07, 6.45) is 1.08. The Kier molecular flexibility index (Phi) is 8.10. The SMILES string of the molecule is CCc1c(OCOC)cc(OCOC)c(-c2ccccc2)c1CCC(=O)O. The second-order valence-electron chi connectivity index (χ2n) is 5.92. The Bertz CT molecular complexity index is 742. The maximum atomic E-state index is 11.2. The van der Waals surface area contributed by atoms with Gasteiger partial charge in [-0.05, 0) is 29.5 Å². The lowest BCUT2D eigenvalue weighted by Gasteiger charge is -2.22. The highest BCUT2D eigenvalue weighted by molar-refractivity contribution is 5.78. The van der Waals surface area contributed by atoms with Crippen molar-refractivity contribution in [1.82, 2.24) is 0 Å². The van der Waals surface area contributed by atoms with E-state index >= 15 is 0 Å². The summed E-state index contributed by atoms with van der Waals surface area (Å²) in [5.41, 5.74) is 3.69. The smallest absolute Gasteiger partial charge is 0.303 e. The molecule has 2 aromatic carbocycles. The van der Waals surface area contributed by atoms with Crippen LogP contribution in [0.3, 0.4) is 0 Å². The van der Waals surface area contributed by atoms with Gasteiger partial charge in [0, 0.05) is 32.3 Å². The largest absolute Gasteiger partial charge is 0.481 e. The van der Waals surface area contributed by atoms with Gasteiger partial charge in [0.1, 0.15) is 11.5 Å². The van der Waals surface area contributed by atoms with Gasteiger partial charge in [-0.15, -0.1) is 0 Å². The van der Waals surface area contributed by atoms with E-state index in [0.29, 0.717) is 24.3 Å².